The number of halogens is 2. The molecule has 1 atom stereocenters. The number of amides is 3. The molecule has 3 saturated carbocycles. The maximum atomic E-state index is 15.2. The van der Waals surface area contributed by atoms with Crippen molar-refractivity contribution in [3.05, 3.63) is 65.9 Å². The summed E-state index contributed by atoms with van der Waals surface area (Å²) >= 11 is 0. The largest absolute Gasteiger partial charge is 0.374 e. The number of aromatic nitrogens is 2. The second-order valence-corrected chi connectivity index (χ2v) is 15.8. The van der Waals surface area contributed by atoms with Crippen LogP contribution in [0.2, 0.25) is 0 Å². The summed E-state index contributed by atoms with van der Waals surface area (Å²) in [6.07, 6.45) is 11.5. The predicted molar refractivity (Wildman–Crippen MR) is 203 cm³/mol. The molecule has 1 aromatic heterocycles. The van der Waals surface area contributed by atoms with E-state index in [1.54, 1.807) is 12.1 Å². The lowest BCUT2D eigenvalue weighted by Crippen LogP contribution is -2.52. The maximum absolute atomic E-state index is 15.2. The highest BCUT2D eigenvalue weighted by atomic mass is 19.1. The number of nitrogens with zero attached hydrogens (tertiary/aromatic N) is 4. The van der Waals surface area contributed by atoms with Crippen LogP contribution in [0.15, 0.2) is 48.7 Å². The molecule has 11 nitrogen and oxygen atoms in total. The maximum Gasteiger partial charge on any atom is 0.249 e. The molecule has 286 valence electrons. The van der Waals surface area contributed by atoms with E-state index in [9.17, 15) is 18.8 Å². The fourth-order valence-electron chi connectivity index (χ4n) is 8.80. The van der Waals surface area contributed by atoms with Crippen molar-refractivity contribution in [2.24, 2.45) is 5.92 Å². The molecule has 8 rings (SSSR count). The van der Waals surface area contributed by atoms with Gasteiger partial charge in [-0.15, -0.1) is 0 Å². The van der Waals surface area contributed by atoms with Gasteiger partial charge < -0.3 is 20.9 Å². The molecule has 13 heteroatoms. The van der Waals surface area contributed by atoms with Crippen molar-refractivity contribution in [2.45, 2.75) is 107 Å². The van der Waals surface area contributed by atoms with Gasteiger partial charge in [0.15, 0.2) is 5.82 Å². The second-order valence-electron chi connectivity index (χ2n) is 15.8. The molecule has 3 heterocycles. The van der Waals surface area contributed by atoms with E-state index < -0.39 is 11.9 Å². The Balaban J connectivity index is 0.748. The summed E-state index contributed by atoms with van der Waals surface area (Å²) in [4.78, 5) is 50.2. The number of rotatable bonds is 10. The molecular formula is C41H50F2N8O3. The van der Waals surface area contributed by atoms with Crippen LogP contribution in [0.4, 0.5) is 26.1 Å². The zero-order chi connectivity index (χ0) is 37.2. The van der Waals surface area contributed by atoms with Crippen LogP contribution in [0, 0.1) is 17.6 Å². The van der Waals surface area contributed by atoms with Crippen molar-refractivity contribution < 1.29 is 23.2 Å². The average Bonchev–Trinajstić information content (AvgIpc) is 4.04. The zero-order valence-corrected chi connectivity index (χ0v) is 30.7. The summed E-state index contributed by atoms with van der Waals surface area (Å²) in [5, 5.41) is 12.1. The summed E-state index contributed by atoms with van der Waals surface area (Å²) < 4.78 is 30.0. The first-order valence-electron chi connectivity index (χ1n) is 19.8. The normalized spacial score (nSPS) is 26.6. The summed E-state index contributed by atoms with van der Waals surface area (Å²) in [6, 6.07) is 13.2. The minimum absolute atomic E-state index is 0.0317. The average molecular weight is 741 g/mol. The number of piperazine rings is 1. The number of piperidine rings is 1. The molecular weight excluding hydrogens is 690 g/mol. The van der Waals surface area contributed by atoms with Gasteiger partial charge in [0, 0.05) is 67.9 Å². The Morgan fingerprint density at radius 2 is 1.56 bits per heavy atom. The smallest absolute Gasteiger partial charge is 0.249 e. The van der Waals surface area contributed by atoms with Gasteiger partial charge in [-0.3, -0.25) is 24.6 Å². The molecule has 0 bridgehead atoms. The minimum Gasteiger partial charge on any atom is -0.374 e. The van der Waals surface area contributed by atoms with E-state index in [4.69, 9.17) is 0 Å². The van der Waals surface area contributed by atoms with E-state index in [0.717, 1.165) is 83.1 Å². The van der Waals surface area contributed by atoms with Gasteiger partial charge in [0.2, 0.25) is 23.7 Å². The van der Waals surface area contributed by atoms with Gasteiger partial charge in [0.05, 0.1) is 11.9 Å². The third-order valence-electron chi connectivity index (χ3n) is 12.1. The van der Waals surface area contributed by atoms with Gasteiger partial charge in [-0.05, 0) is 106 Å². The SMILES string of the molecule is O=C1CCC(Nc2ccc(N3CCN(C4CCC(C(=O)NC5CCC(Nc6ncc(F)c(-c7cccc(C8CC8)c7)n6)CC5)CC4)CC3)c(F)c2)C(=O)N1. The molecule has 2 aromatic carbocycles. The van der Waals surface area contributed by atoms with Gasteiger partial charge in [-0.1, -0.05) is 18.2 Å². The molecule has 3 aliphatic carbocycles. The molecule has 5 aliphatic rings. The van der Waals surface area contributed by atoms with Crippen LogP contribution in [0.25, 0.3) is 11.3 Å². The van der Waals surface area contributed by atoms with E-state index in [1.807, 2.05) is 18.2 Å². The van der Waals surface area contributed by atoms with Crippen molar-refractivity contribution in [3.63, 3.8) is 0 Å². The van der Waals surface area contributed by atoms with Crippen LogP contribution in [0.1, 0.15) is 88.5 Å². The summed E-state index contributed by atoms with van der Waals surface area (Å²) in [6.45, 7) is 3.12. The van der Waals surface area contributed by atoms with Crippen LogP contribution in [-0.2, 0) is 14.4 Å². The summed E-state index contributed by atoms with van der Waals surface area (Å²) in [7, 11) is 0. The van der Waals surface area contributed by atoms with E-state index in [0.29, 0.717) is 41.4 Å². The Bertz CT molecular complexity index is 1850. The number of imide groups is 1. The molecule has 4 N–H and O–H groups in total. The molecule has 3 aromatic rings. The number of benzene rings is 2. The Morgan fingerprint density at radius 3 is 2.28 bits per heavy atom. The lowest BCUT2D eigenvalue weighted by atomic mass is 9.83. The van der Waals surface area contributed by atoms with Crippen LogP contribution in [-0.4, -0.2) is 82.9 Å². The summed E-state index contributed by atoms with van der Waals surface area (Å²) in [5.74, 6) is -0.197. The third-order valence-corrected chi connectivity index (χ3v) is 12.1. The molecule has 0 radical (unpaired) electrons. The fraction of sp³-hybridized carbons (Fsp3) is 0.537. The molecule has 5 fully saturated rings. The van der Waals surface area contributed by atoms with Gasteiger partial charge in [-0.25, -0.2) is 18.7 Å². The lowest BCUT2D eigenvalue weighted by Gasteiger charge is -2.42. The molecule has 2 aliphatic heterocycles. The standard InChI is InChI=1S/C41H50F2N8O3/c42-33-23-31(45-35-15-17-37(52)48-40(35)54)12-16-36(33)51-20-18-50(19-21-51)32-13-6-26(7-14-32)39(53)46-29-8-10-30(11-9-29)47-41-44-24-34(43)38(49-41)28-3-1-2-27(22-28)25-4-5-25/h1-3,12,16,22-26,29-30,32,35,45H,4-11,13-15,17-21H2,(H,46,53)(H,44,47,49)(H,48,52,54). The Morgan fingerprint density at radius 1 is 0.796 bits per heavy atom. The number of nitrogens with one attached hydrogen (secondary N) is 4. The Labute approximate surface area is 315 Å². The molecule has 54 heavy (non-hydrogen) atoms. The molecule has 2 saturated heterocycles. The van der Waals surface area contributed by atoms with E-state index in [-0.39, 0.29) is 48.0 Å². The van der Waals surface area contributed by atoms with Gasteiger partial charge in [-0.2, -0.15) is 0 Å². The quantitative estimate of drug-likeness (QED) is 0.193. The second kappa shape index (κ2) is 16.0. The lowest BCUT2D eigenvalue weighted by molar-refractivity contribution is -0.133. The zero-order valence-electron chi connectivity index (χ0n) is 30.7. The van der Waals surface area contributed by atoms with Crippen LogP contribution >= 0.6 is 0 Å². The Hall–Kier alpha value is -4.65. The van der Waals surface area contributed by atoms with E-state index in [2.05, 4.69) is 47.1 Å². The van der Waals surface area contributed by atoms with Gasteiger partial charge in [0.1, 0.15) is 17.6 Å². The van der Waals surface area contributed by atoms with Crippen molar-refractivity contribution in [1.29, 1.82) is 0 Å². The minimum atomic E-state index is -0.554. The first-order chi connectivity index (χ1) is 26.3. The highest BCUT2D eigenvalue weighted by Gasteiger charge is 2.33. The number of carbonyl (C=O) groups is 3. The summed E-state index contributed by atoms with van der Waals surface area (Å²) in [5.41, 5.74) is 3.42. The van der Waals surface area contributed by atoms with Crippen molar-refractivity contribution in [1.82, 2.24) is 25.5 Å². The van der Waals surface area contributed by atoms with Crippen molar-refractivity contribution >= 4 is 35.0 Å². The fourth-order valence-corrected chi connectivity index (χ4v) is 8.80. The number of anilines is 3. The number of carbonyl (C=O) groups excluding carboxylic acids is 3. The third kappa shape index (κ3) is 8.51. The molecule has 3 amide bonds. The van der Waals surface area contributed by atoms with Gasteiger partial charge in [0.25, 0.3) is 0 Å². The topological polar surface area (TPSA) is 132 Å². The van der Waals surface area contributed by atoms with Crippen LogP contribution in [0.5, 0.6) is 0 Å². The molecule has 1 unspecified atom stereocenters. The predicted octanol–water partition coefficient (Wildman–Crippen LogP) is 5.74. The van der Waals surface area contributed by atoms with Crippen molar-refractivity contribution in [3.8, 4) is 11.3 Å². The highest BCUT2D eigenvalue weighted by molar-refractivity contribution is 6.01. The van der Waals surface area contributed by atoms with Crippen molar-refractivity contribution in [2.75, 3.05) is 41.7 Å². The van der Waals surface area contributed by atoms with Crippen LogP contribution < -0.4 is 26.2 Å². The van der Waals surface area contributed by atoms with Crippen LogP contribution in [0.3, 0.4) is 0 Å². The molecule has 0 spiro atoms. The first kappa shape index (κ1) is 36.3. The monoisotopic (exact) mass is 740 g/mol. The highest BCUT2D eigenvalue weighted by Crippen LogP contribution is 2.41. The van der Waals surface area contributed by atoms with E-state index >= 15 is 4.39 Å². The number of hydrogen-bond donors (Lipinski definition) is 4. The van der Waals surface area contributed by atoms with E-state index in [1.165, 1.54) is 30.7 Å². The number of hydrogen-bond acceptors (Lipinski definition) is 9. The Kier molecular flexibility index (Phi) is 10.8. The van der Waals surface area contributed by atoms with Gasteiger partial charge >= 0.3 is 0 Å². The first-order valence-corrected chi connectivity index (χ1v) is 19.8.